The molecule has 0 amide bonds. The number of aliphatic imine (C=N–C) groups is 1. The van der Waals surface area contributed by atoms with Crippen molar-refractivity contribution in [2.75, 3.05) is 12.3 Å². The third-order valence-corrected chi connectivity index (χ3v) is 2.98. The lowest BCUT2D eigenvalue weighted by molar-refractivity contribution is -0.132. The van der Waals surface area contributed by atoms with Gasteiger partial charge in [-0.3, -0.25) is 4.99 Å². The molecule has 14 heavy (non-hydrogen) atoms. The second-order valence-corrected chi connectivity index (χ2v) is 4.12. The molecule has 6 heteroatoms. The Bertz CT molecular complexity index is 215. The molecule has 1 heterocycles. The summed E-state index contributed by atoms with van der Waals surface area (Å²) in [6.07, 6.45) is -3.96. The number of amidine groups is 1. The molecule has 0 aliphatic carbocycles. The summed E-state index contributed by atoms with van der Waals surface area (Å²) >= 11 is 1.50. The topological polar surface area (TPSA) is 24.4 Å². The maximum atomic E-state index is 11.8. The Morgan fingerprint density at radius 1 is 1.57 bits per heavy atom. The highest BCUT2D eigenvalue weighted by atomic mass is 32.2. The van der Waals surface area contributed by atoms with Gasteiger partial charge in [0.25, 0.3) is 0 Å². The molecule has 82 valence electrons. The molecule has 0 spiro atoms. The summed E-state index contributed by atoms with van der Waals surface area (Å²) < 4.78 is 35.3. The van der Waals surface area contributed by atoms with Crippen LogP contribution < -0.4 is 5.32 Å². The number of hydrogen-bond acceptors (Lipinski definition) is 2. The van der Waals surface area contributed by atoms with Crippen molar-refractivity contribution in [1.29, 1.82) is 0 Å². The molecule has 0 bridgehead atoms. The standard InChI is InChI=1S/C8H13F3N2S/c1-2-6-5-14-7(13-6)12-4-3-8(9,10)11/h6H,2-5H2,1H3,(H,12,13). The van der Waals surface area contributed by atoms with Crippen LogP contribution in [0.2, 0.25) is 0 Å². The predicted octanol–water partition coefficient (Wildman–Crippen LogP) is 2.41. The van der Waals surface area contributed by atoms with Gasteiger partial charge in [-0.2, -0.15) is 13.2 Å². The van der Waals surface area contributed by atoms with Gasteiger partial charge in [-0.15, -0.1) is 0 Å². The first-order chi connectivity index (χ1) is 6.51. The van der Waals surface area contributed by atoms with Crippen molar-refractivity contribution in [3.8, 4) is 0 Å². The van der Waals surface area contributed by atoms with Crippen LogP contribution in [0.5, 0.6) is 0 Å². The van der Waals surface area contributed by atoms with Crippen molar-refractivity contribution >= 4 is 16.9 Å². The normalized spacial score (nSPS) is 25.4. The maximum Gasteiger partial charge on any atom is 0.390 e. The van der Waals surface area contributed by atoms with Gasteiger partial charge in [-0.05, 0) is 6.42 Å². The molecule has 0 aromatic carbocycles. The van der Waals surface area contributed by atoms with Gasteiger partial charge in [0.2, 0.25) is 0 Å². The summed E-state index contributed by atoms with van der Waals surface area (Å²) in [6.45, 7) is 1.87. The van der Waals surface area contributed by atoms with E-state index in [-0.39, 0.29) is 6.54 Å². The Labute approximate surface area is 85.4 Å². The van der Waals surface area contributed by atoms with Crippen LogP contribution in [-0.2, 0) is 0 Å². The zero-order valence-electron chi connectivity index (χ0n) is 7.90. The van der Waals surface area contributed by atoms with Crippen molar-refractivity contribution in [2.24, 2.45) is 4.99 Å². The van der Waals surface area contributed by atoms with Crippen LogP contribution in [0.25, 0.3) is 0 Å². The van der Waals surface area contributed by atoms with Crippen molar-refractivity contribution in [3.05, 3.63) is 0 Å². The Morgan fingerprint density at radius 3 is 2.79 bits per heavy atom. The maximum absolute atomic E-state index is 11.8. The van der Waals surface area contributed by atoms with Gasteiger partial charge in [0.15, 0.2) is 5.17 Å². The second kappa shape index (κ2) is 4.91. The lowest BCUT2D eigenvalue weighted by atomic mass is 10.3. The van der Waals surface area contributed by atoms with E-state index in [1.807, 2.05) is 6.92 Å². The van der Waals surface area contributed by atoms with Crippen LogP contribution in [0.4, 0.5) is 13.2 Å². The smallest absolute Gasteiger partial charge is 0.361 e. The van der Waals surface area contributed by atoms with Crippen LogP contribution in [0.15, 0.2) is 4.99 Å². The van der Waals surface area contributed by atoms with Crippen LogP contribution >= 0.6 is 11.8 Å². The van der Waals surface area contributed by atoms with Crippen molar-refractivity contribution in [1.82, 2.24) is 5.32 Å². The minimum Gasteiger partial charge on any atom is -0.361 e. The lowest BCUT2D eigenvalue weighted by Gasteiger charge is -2.05. The van der Waals surface area contributed by atoms with Crippen LogP contribution in [0.3, 0.4) is 0 Å². The molecule has 1 saturated heterocycles. The molecule has 1 N–H and O–H groups in total. The molecular weight excluding hydrogens is 213 g/mol. The van der Waals surface area contributed by atoms with E-state index in [1.54, 1.807) is 0 Å². The molecule has 1 rings (SSSR count). The molecule has 1 unspecified atom stereocenters. The largest absolute Gasteiger partial charge is 0.390 e. The van der Waals surface area contributed by atoms with E-state index in [0.717, 1.165) is 12.2 Å². The zero-order valence-corrected chi connectivity index (χ0v) is 8.71. The molecule has 2 nitrogen and oxygen atoms in total. The van der Waals surface area contributed by atoms with Crippen LogP contribution in [-0.4, -0.2) is 29.7 Å². The molecule has 1 atom stereocenters. The Hall–Kier alpha value is -0.390. The average Bonchev–Trinajstić information content (AvgIpc) is 2.50. The van der Waals surface area contributed by atoms with E-state index in [0.29, 0.717) is 11.2 Å². The van der Waals surface area contributed by atoms with Gasteiger partial charge in [-0.25, -0.2) is 0 Å². The van der Waals surface area contributed by atoms with Crippen LogP contribution in [0.1, 0.15) is 19.8 Å². The molecule has 1 aliphatic rings. The molecule has 0 aromatic rings. The Morgan fingerprint density at radius 2 is 2.29 bits per heavy atom. The molecule has 0 aromatic heterocycles. The van der Waals surface area contributed by atoms with E-state index in [2.05, 4.69) is 10.3 Å². The minimum absolute atomic E-state index is 0.171. The van der Waals surface area contributed by atoms with Crippen molar-refractivity contribution < 1.29 is 13.2 Å². The van der Waals surface area contributed by atoms with Crippen molar-refractivity contribution in [3.63, 3.8) is 0 Å². The van der Waals surface area contributed by atoms with Gasteiger partial charge in [0.1, 0.15) is 0 Å². The fourth-order valence-electron chi connectivity index (χ4n) is 1.03. The van der Waals surface area contributed by atoms with E-state index >= 15 is 0 Å². The SMILES string of the molecule is CCC1CSC(=NCCC(F)(F)F)N1. The number of nitrogens with zero attached hydrogens (tertiary/aromatic N) is 1. The highest BCUT2D eigenvalue weighted by molar-refractivity contribution is 8.14. The number of nitrogens with one attached hydrogen (secondary N) is 1. The predicted molar refractivity (Wildman–Crippen MR) is 52.6 cm³/mol. The molecule has 0 radical (unpaired) electrons. The van der Waals surface area contributed by atoms with Crippen molar-refractivity contribution in [2.45, 2.75) is 32.0 Å². The van der Waals surface area contributed by atoms with E-state index in [9.17, 15) is 13.2 Å². The lowest BCUT2D eigenvalue weighted by Crippen LogP contribution is -2.26. The molecule has 0 saturated carbocycles. The Kier molecular flexibility index (Phi) is 4.10. The van der Waals surface area contributed by atoms with E-state index in [1.165, 1.54) is 11.8 Å². The number of alkyl halides is 3. The molecule has 1 aliphatic heterocycles. The number of halogens is 3. The monoisotopic (exact) mass is 226 g/mol. The summed E-state index contributed by atoms with van der Waals surface area (Å²) in [5.74, 6) is 0.904. The summed E-state index contributed by atoms with van der Waals surface area (Å²) in [7, 11) is 0. The first-order valence-corrected chi connectivity index (χ1v) is 5.50. The fourth-order valence-corrected chi connectivity index (χ4v) is 2.14. The van der Waals surface area contributed by atoms with Gasteiger partial charge in [0, 0.05) is 11.8 Å². The third kappa shape index (κ3) is 4.21. The Balaban J connectivity index is 2.26. The second-order valence-electron chi connectivity index (χ2n) is 3.11. The molecule has 1 fully saturated rings. The van der Waals surface area contributed by atoms with E-state index in [4.69, 9.17) is 0 Å². The number of hydrogen-bond donors (Lipinski definition) is 1. The summed E-state index contributed by atoms with van der Waals surface area (Å²) in [6, 6.07) is 0.365. The summed E-state index contributed by atoms with van der Waals surface area (Å²) in [5, 5.41) is 3.73. The molecular formula is C8H13F3N2S. The van der Waals surface area contributed by atoms with E-state index < -0.39 is 12.6 Å². The average molecular weight is 226 g/mol. The fraction of sp³-hybridized carbons (Fsp3) is 0.875. The highest BCUT2D eigenvalue weighted by Crippen LogP contribution is 2.20. The summed E-state index contributed by atoms with van der Waals surface area (Å²) in [5.41, 5.74) is 0. The highest BCUT2D eigenvalue weighted by Gasteiger charge is 2.26. The number of thioether (sulfide) groups is 1. The quantitative estimate of drug-likeness (QED) is 0.799. The first kappa shape index (κ1) is 11.7. The third-order valence-electron chi connectivity index (χ3n) is 1.89. The van der Waals surface area contributed by atoms with Gasteiger partial charge in [0.05, 0.1) is 13.0 Å². The van der Waals surface area contributed by atoms with Gasteiger partial charge in [-0.1, -0.05) is 18.7 Å². The number of rotatable bonds is 3. The zero-order chi connectivity index (χ0) is 10.6. The minimum atomic E-state index is -4.10. The summed E-state index contributed by atoms with van der Waals surface area (Å²) in [4.78, 5) is 3.86. The van der Waals surface area contributed by atoms with Gasteiger partial charge < -0.3 is 5.32 Å². The first-order valence-electron chi connectivity index (χ1n) is 4.52. The van der Waals surface area contributed by atoms with Gasteiger partial charge >= 0.3 is 6.18 Å². The van der Waals surface area contributed by atoms with Crippen LogP contribution in [0, 0.1) is 0 Å².